The Hall–Kier alpha value is -2.65. The average Bonchev–Trinajstić information content (AvgIpc) is 2.77. The van der Waals surface area contributed by atoms with Gasteiger partial charge in [0.1, 0.15) is 18.5 Å². The number of hydrogen-bond donors (Lipinski definition) is 2. The second-order valence-corrected chi connectivity index (χ2v) is 8.35. The van der Waals surface area contributed by atoms with E-state index in [0.29, 0.717) is 55.9 Å². The smallest absolute Gasteiger partial charge is 0.305 e. The minimum Gasteiger partial charge on any atom is -0.490 e. The molecule has 0 bridgehead atoms. The van der Waals surface area contributed by atoms with Gasteiger partial charge in [0.2, 0.25) is 5.91 Å². The standard InChI is InChI=1S/C22H28N2O7/c1-24-17-4-3-15(11-20(25)26)31-19(17)12-30-18-5-2-14(10-16(18)22(24)28)23-21(27)13-6-8-29-9-7-13/h2,5,10,13,15,17,19H,3-4,6-9,11-12H2,1H3,(H,23,27)(H,25,26)/t15-,17-,19-/m0/s1. The lowest BCUT2D eigenvalue weighted by Gasteiger charge is -2.42. The Kier molecular flexibility index (Phi) is 6.43. The molecule has 3 atom stereocenters. The fourth-order valence-corrected chi connectivity index (χ4v) is 4.50. The third-order valence-corrected chi connectivity index (χ3v) is 6.27. The molecule has 0 saturated carbocycles. The van der Waals surface area contributed by atoms with Gasteiger partial charge in [-0.15, -0.1) is 0 Å². The third kappa shape index (κ3) is 4.83. The molecule has 4 rings (SSSR count). The van der Waals surface area contributed by atoms with Crippen LogP contribution in [0.5, 0.6) is 5.75 Å². The van der Waals surface area contributed by atoms with E-state index < -0.39 is 12.1 Å². The number of ether oxygens (including phenoxy) is 3. The maximum absolute atomic E-state index is 13.2. The molecule has 1 aromatic carbocycles. The Morgan fingerprint density at radius 1 is 1.19 bits per heavy atom. The van der Waals surface area contributed by atoms with E-state index in [2.05, 4.69) is 5.32 Å². The number of benzene rings is 1. The second-order valence-electron chi connectivity index (χ2n) is 8.35. The normalized spacial score (nSPS) is 26.7. The first-order valence-electron chi connectivity index (χ1n) is 10.7. The number of nitrogens with one attached hydrogen (secondary N) is 1. The van der Waals surface area contributed by atoms with Crippen LogP contribution in [0.4, 0.5) is 5.69 Å². The lowest BCUT2D eigenvalue weighted by atomic mass is 9.94. The summed E-state index contributed by atoms with van der Waals surface area (Å²) in [4.78, 5) is 38.4. The highest BCUT2D eigenvalue weighted by atomic mass is 16.5. The zero-order valence-corrected chi connectivity index (χ0v) is 17.5. The first-order chi connectivity index (χ1) is 14.9. The number of carboxylic acid groups (broad SMARTS) is 1. The van der Waals surface area contributed by atoms with Crippen molar-refractivity contribution < 1.29 is 33.7 Å². The van der Waals surface area contributed by atoms with Crippen LogP contribution in [0.3, 0.4) is 0 Å². The second kappa shape index (κ2) is 9.23. The fourth-order valence-electron chi connectivity index (χ4n) is 4.50. The molecule has 0 aliphatic carbocycles. The van der Waals surface area contributed by atoms with Gasteiger partial charge in [0, 0.05) is 31.9 Å². The number of fused-ring (bicyclic) bond motifs is 2. The molecule has 3 aliphatic heterocycles. The molecule has 3 heterocycles. The van der Waals surface area contributed by atoms with Crippen LogP contribution in [0, 0.1) is 5.92 Å². The van der Waals surface area contributed by atoms with Gasteiger partial charge in [-0.3, -0.25) is 14.4 Å². The monoisotopic (exact) mass is 432 g/mol. The summed E-state index contributed by atoms with van der Waals surface area (Å²) in [5.41, 5.74) is 0.942. The maximum atomic E-state index is 13.2. The molecule has 0 spiro atoms. The van der Waals surface area contributed by atoms with Crippen molar-refractivity contribution in [3.05, 3.63) is 23.8 Å². The molecule has 2 saturated heterocycles. The van der Waals surface area contributed by atoms with Crippen LogP contribution in [0.15, 0.2) is 18.2 Å². The summed E-state index contributed by atoms with van der Waals surface area (Å²) in [5, 5.41) is 12.0. The van der Waals surface area contributed by atoms with E-state index in [1.54, 1.807) is 30.1 Å². The number of aliphatic carboxylic acids is 1. The Morgan fingerprint density at radius 2 is 1.97 bits per heavy atom. The molecule has 168 valence electrons. The predicted molar refractivity (Wildman–Crippen MR) is 110 cm³/mol. The molecular weight excluding hydrogens is 404 g/mol. The Morgan fingerprint density at radius 3 is 2.71 bits per heavy atom. The minimum absolute atomic E-state index is 0.0619. The van der Waals surface area contributed by atoms with Gasteiger partial charge in [0.15, 0.2) is 0 Å². The predicted octanol–water partition coefficient (Wildman–Crippen LogP) is 1.91. The van der Waals surface area contributed by atoms with E-state index in [9.17, 15) is 14.4 Å². The summed E-state index contributed by atoms with van der Waals surface area (Å²) >= 11 is 0. The van der Waals surface area contributed by atoms with Crippen LogP contribution >= 0.6 is 0 Å². The lowest BCUT2D eigenvalue weighted by molar-refractivity contribution is -0.148. The molecule has 2 amide bonds. The van der Waals surface area contributed by atoms with Crippen molar-refractivity contribution in [3.8, 4) is 5.75 Å². The van der Waals surface area contributed by atoms with E-state index in [-0.39, 0.29) is 42.9 Å². The number of amides is 2. The average molecular weight is 432 g/mol. The zero-order chi connectivity index (χ0) is 22.0. The maximum Gasteiger partial charge on any atom is 0.305 e. The quantitative estimate of drug-likeness (QED) is 0.747. The molecule has 31 heavy (non-hydrogen) atoms. The van der Waals surface area contributed by atoms with Crippen molar-refractivity contribution in [2.75, 3.05) is 32.2 Å². The van der Waals surface area contributed by atoms with Gasteiger partial charge in [-0.1, -0.05) is 0 Å². The van der Waals surface area contributed by atoms with Crippen LogP contribution in [0.1, 0.15) is 42.5 Å². The van der Waals surface area contributed by atoms with Gasteiger partial charge < -0.3 is 29.5 Å². The number of nitrogens with zero attached hydrogens (tertiary/aromatic N) is 1. The van der Waals surface area contributed by atoms with E-state index in [1.807, 2.05) is 0 Å². The SMILES string of the molecule is CN1C(=O)c2cc(NC(=O)C3CCOCC3)ccc2OC[C@@H]2O[C@H](CC(=O)O)CC[C@@H]21. The highest BCUT2D eigenvalue weighted by Crippen LogP contribution is 2.32. The summed E-state index contributed by atoms with van der Waals surface area (Å²) in [7, 11) is 1.73. The van der Waals surface area contributed by atoms with Crippen molar-refractivity contribution in [2.24, 2.45) is 5.92 Å². The van der Waals surface area contributed by atoms with Crippen LogP contribution in [0.2, 0.25) is 0 Å². The van der Waals surface area contributed by atoms with E-state index in [4.69, 9.17) is 19.3 Å². The van der Waals surface area contributed by atoms with Crippen molar-refractivity contribution in [2.45, 2.75) is 50.4 Å². The molecule has 0 unspecified atom stereocenters. The Balaban J connectivity index is 1.49. The van der Waals surface area contributed by atoms with Gasteiger partial charge in [0.25, 0.3) is 5.91 Å². The molecule has 2 N–H and O–H groups in total. The summed E-state index contributed by atoms with van der Waals surface area (Å²) in [6, 6.07) is 4.85. The number of anilines is 1. The van der Waals surface area contributed by atoms with Crippen molar-refractivity contribution in [3.63, 3.8) is 0 Å². The van der Waals surface area contributed by atoms with Crippen LogP contribution in [0.25, 0.3) is 0 Å². The van der Waals surface area contributed by atoms with E-state index in [0.717, 1.165) is 0 Å². The number of rotatable bonds is 4. The zero-order valence-electron chi connectivity index (χ0n) is 17.5. The largest absolute Gasteiger partial charge is 0.490 e. The first kappa shape index (κ1) is 21.6. The summed E-state index contributed by atoms with van der Waals surface area (Å²) < 4.78 is 17.2. The number of likely N-dealkylation sites (N-methyl/N-ethyl adjacent to an activating group) is 1. The highest BCUT2D eigenvalue weighted by molar-refractivity contribution is 6.00. The van der Waals surface area contributed by atoms with Gasteiger partial charge in [0.05, 0.1) is 24.1 Å². The number of hydrogen-bond acceptors (Lipinski definition) is 6. The molecule has 2 fully saturated rings. The van der Waals surface area contributed by atoms with Crippen molar-refractivity contribution in [1.29, 1.82) is 0 Å². The van der Waals surface area contributed by atoms with Crippen molar-refractivity contribution in [1.82, 2.24) is 4.90 Å². The van der Waals surface area contributed by atoms with Crippen LogP contribution < -0.4 is 10.1 Å². The molecule has 9 nitrogen and oxygen atoms in total. The fraction of sp³-hybridized carbons (Fsp3) is 0.591. The number of carboxylic acids is 1. The molecule has 0 radical (unpaired) electrons. The Labute approximate surface area is 180 Å². The van der Waals surface area contributed by atoms with Crippen LogP contribution in [-0.2, 0) is 19.1 Å². The van der Waals surface area contributed by atoms with Gasteiger partial charge in [-0.25, -0.2) is 0 Å². The minimum atomic E-state index is -0.902. The Bertz CT molecular complexity index is 852. The van der Waals surface area contributed by atoms with Gasteiger partial charge in [-0.2, -0.15) is 0 Å². The molecule has 9 heteroatoms. The summed E-state index contributed by atoms with van der Waals surface area (Å²) in [6.07, 6.45) is 1.75. The van der Waals surface area contributed by atoms with Crippen molar-refractivity contribution >= 4 is 23.5 Å². The van der Waals surface area contributed by atoms with E-state index >= 15 is 0 Å². The van der Waals surface area contributed by atoms with Crippen LogP contribution in [-0.4, -0.2) is 72.9 Å². The first-order valence-corrected chi connectivity index (χ1v) is 10.7. The van der Waals surface area contributed by atoms with E-state index in [1.165, 1.54) is 0 Å². The third-order valence-electron chi connectivity index (χ3n) is 6.27. The molecule has 3 aliphatic rings. The van der Waals surface area contributed by atoms with Gasteiger partial charge in [-0.05, 0) is 43.9 Å². The summed E-state index contributed by atoms with van der Waals surface area (Å²) in [5.74, 6) is -0.860. The number of carbonyl (C=O) groups excluding carboxylic acids is 2. The molecule has 1 aromatic rings. The number of carbonyl (C=O) groups is 3. The highest BCUT2D eigenvalue weighted by Gasteiger charge is 2.39. The molecular formula is C22H28N2O7. The molecule has 0 aromatic heterocycles. The lowest BCUT2D eigenvalue weighted by Crippen LogP contribution is -2.53. The topological polar surface area (TPSA) is 114 Å². The summed E-state index contributed by atoms with van der Waals surface area (Å²) in [6.45, 7) is 1.38. The van der Waals surface area contributed by atoms with Gasteiger partial charge >= 0.3 is 5.97 Å².